The second-order valence-electron chi connectivity index (χ2n) is 4.90. The van der Waals surface area contributed by atoms with Gasteiger partial charge in [0.05, 0.1) is 5.56 Å². The molecule has 0 aliphatic rings. The fourth-order valence-corrected chi connectivity index (χ4v) is 1.85. The zero-order valence-corrected chi connectivity index (χ0v) is 11.8. The summed E-state index contributed by atoms with van der Waals surface area (Å²) in [7, 11) is 1.75. The molecule has 0 aromatic heterocycles. The van der Waals surface area contributed by atoms with Gasteiger partial charge in [-0.25, -0.2) is 0 Å². The van der Waals surface area contributed by atoms with Gasteiger partial charge >= 0.3 is 0 Å². The molecule has 0 spiro atoms. The van der Waals surface area contributed by atoms with Gasteiger partial charge in [-0.3, -0.25) is 9.59 Å². The minimum Gasteiger partial charge on any atom is -0.387 e. The van der Waals surface area contributed by atoms with Crippen molar-refractivity contribution in [3.05, 3.63) is 29.3 Å². The lowest BCUT2D eigenvalue weighted by atomic mass is 10.0. The second kappa shape index (κ2) is 6.22. The Kier molecular flexibility index (Phi) is 4.92. The number of primary amides is 1. The Bertz CT molecular complexity index is 484. The monoisotopic (exact) mass is 263 g/mol. The first-order chi connectivity index (χ1) is 8.86. The molecule has 5 heteroatoms. The first-order valence-electron chi connectivity index (χ1n) is 6.25. The average Bonchev–Trinajstić information content (AvgIpc) is 2.34. The van der Waals surface area contributed by atoms with E-state index in [0.29, 0.717) is 5.56 Å². The van der Waals surface area contributed by atoms with Crippen molar-refractivity contribution in [2.75, 3.05) is 12.4 Å². The number of benzene rings is 1. The van der Waals surface area contributed by atoms with Crippen LogP contribution in [0.1, 0.15) is 29.8 Å². The molecular weight excluding hydrogens is 242 g/mol. The molecule has 0 saturated heterocycles. The van der Waals surface area contributed by atoms with Crippen LogP contribution in [0.4, 0.5) is 5.69 Å². The quantitative estimate of drug-likeness (QED) is 0.748. The Labute approximate surface area is 113 Å². The van der Waals surface area contributed by atoms with E-state index < -0.39 is 11.9 Å². The minimum absolute atomic E-state index is 0.0510. The van der Waals surface area contributed by atoms with Gasteiger partial charge in [-0.15, -0.1) is 0 Å². The highest BCUT2D eigenvalue weighted by Gasteiger charge is 2.23. The van der Waals surface area contributed by atoms with Gasteiger partial charge in [0.2, 0.25) is 5.91 Å². The predicted octanol–water partition coefficient (Wildman–Crippen LogP) is 1.28. The molecule has 0 heterocycles. The van der Waals surface area contributed by atoms with Crippen molar-refractivity contribution in [3.63, 3.8) is 0 Å². The molecule has 0 bridgehead atoms. The van der Waals surface area contributed by atoms with E-state index in [1.807, 2.05) is 32.9 Å². The largest absolute Gasteiger partial charge is 0.387 e. The number of nitrogens with one attached hydrogen (secondary N) is 2. The van der Waals surface area contributed by atoms with E-state index in [1.54, 1.807) is 13.1 Å². The van der Waals surface area contributed by atoms with Gasteiger partial charge in [0.1, 0.15) is 6.04 Å². The molecule has 19 heavy (non-hydrogen) atoms. The van der Waals surface area contributed by atoms with E-state index in [1.165, 1.54) is 0 Å². The highest BCUT2D eigenvalue weighted by Crippen LogP contribution is 2.17. The van der Waals surface area contributed by atoms with Crippen molar-refractivity contribution in [1.82, 2.24) is 5.32 Å². The summed E-state index contributed by atoms with van der Waals surface area (Å²) in [6, 6.07) is 4.79. The van der Waals surface area contributed by atoms with Gasteiger partial charge in [0.15, 0.2) is 0 Å². The van der Waals surface area contributed by atoms with Gasteiger partial charge in [-0.05, 0) is 30.5 Å². The van der Waals surface area contributed by atoms with E-state index >= 15 is 0 Å². The third-order valence-corrected chi connectivity index (χ3v) is 2.95. The first kappa shape index (κ1) is 15.0. The molecule has 0 fully saturated rings. The molecule has 2 amide bonds. The summed E-state index contributed by atoms with van der Waals surface area (Å²) in [5, 5.41) is 5.64. The van der Waals surface area contributed by atoms with Crippen molar-refractivity contribution in [1.29, 1.82) is 0 Å². The summed E-state index contributed by atoms with van der Waals surface area (Å²) in [5.41, 5.74) is 7.57. The molecule has 0 aliphatic heterocycles. The van der Waals surface area contributed by atoms with Gasteiger partial charge in [0.25, 0.3) is 5.91 Å². The van der Waals surface area contributed by atoms with Crippen LogP contribution < -0.4 is 16.4 Å². The lowest BCUT2D eigenvalue weighted by Gasteiger charge is -2.20. The van der Waals surface area contributed by atoms with Crippen molar-refractivity contribution in [2.24, 2.45) is 11.7 Å². The van der Waals surface area contributed by atoms with Crippen LogP contribution in [0.2, 0.25) is 0 Å². The number of anilines is 1. The second-order valence-corrected chi connectivity index (χ2v) is 4.90. The summed E-state index contributed by atoms with van der Waals surface area (Å²) < 4.78 is 0. The fourth-order valence-electron chi connectivity index (χ4n) is 1.85. The zero-order valence-electron chi connectivity index (χ0n) is 11.8. The SMILES string of the molecule is CNc1cc(C)ccc1C(=O)NC(C(N)=O)C(C)C. The van der Waals surface area contributed by atoms with Crippen LogP contribution in [-0.2, 0) is 4.79 Å². The number of hydrogen-bond donors (Lipinski definition) is 3. The molecule has 0 aliphatic carbocycles. The molecule has 0 saturated carbocycles. The number of hydrogen-bond acceptors (Lipinski definition) is 3. The Morgan fingerprint density at radius 3 is 2.37 bits per heavy atom. The Balaban J connectivity index is 2.97. The average molecular weight is 263 g/mol. The van der Waals surface area contributed by atoms with E-state index in [9.17, 15) is 9.59 Å². The van der Waals surface area contributed by atoms with E-state index in [0.717, 1.165) is 11.3 Å². The third kappa shape index (κ3) is 3.71. The minimum atomic E-state index is -0.668. The Morgan fingerprint density at radius 2 is 1.89 bits per heavy atom. The van der Waals surface area contributed by atoms with Crippen molar-refractivity contribution >= 4 is 17.5 Å². The summed E-state index contributed by atoms with van der Waals surface area (Å²) in [4.78, 5) is 23.5. The van der Waals surface area contributed by atoms with Crippen LogP contribution in [-0.4, -0.2) is 24.9 Å². The molecule has 1 unspecified atom stereocenters. The highest BCUT2D eigenvalue weighted by atomic mass is 16.2. The van der Waals surface area contributed by atoms with Crippen LogP contribution in [0.5, 0.6) is 0 Å². The van der Waals surface area contributed by atoms with Crippen LogP contribution in [0.3, 0.4) is 0 Å². The summed E-state index contributed by atoms with van der Waals surface area (Å²) >= 11 is 0. The van der Waals surface area contributed by atoms with E-state index in [4.69, 9.17) is 5.73 Å². The predicted molar refractivity (Wildman–Crippen MR) is 76.0 cm³/mol. The molecule has 1 rings (SSSR count). The lowest BCUT2D eigenvalue weighted by molar-refractivity contribution is -0.120. The number of carbonyl (C=O) groups excluding carboxylic acids is 2. The smallest absolute Gasteiger partial charge is 0.254 e. The van der Waals surface area contributed by atoms with Crippen molar-refractivity contribution < 1.29 is 9.59 Å². The molecule has 1 aromatic rings. The fraction of sp³-hybridized carbons (Fsp3) is 0.429. The van der Waals surface area contributed by atoms with E-state index in [-0.39, 0.29) is 11.8 Å². The standard InChI is InChI=1S/C14H21N3O2/c1-8(2)12(13(15)18)17-14(19)10-6-5-9(3)7-11(10)16-4/h5-8,12,16H,1-4H3,(H2,15,18)(H,17,19). The molecular formula is C14H21N3O2. The van der Waals surface area contributed by atoms with Gasteiger partial charge in [0, 0.05) is 12.7 Å². The van der Waals surface area contributed by atoms with Gasteiger partial charge < -0.3 is 16.4 Å². The molecule has 4 N–H and O–H groups in total. The van der Waals surface area contributed by atoms with Crippen LogP contribution >= 0.6 is 0 Å². The summed E-state index contributed by atoms with van der Waals surface area (Å²) in [6.45, 7) is 5.62. The van der Waals surface area contributed by atoms with Crippen LogP contribution in [0.25, 0.3) is 0 Å². The molecule has 5 nitrogen and oxygen atoms in total. The molecule has 0 radical (unpaired) electrons. The Morgan fingerprint density at radius 1 is 1.26 bits per heavy atom. The summed E-state index contributed by atoms with van der Waals surface area (Å²) in [5.74, 6) is -0.881. The molecule has 104 valence electrons. The van der Waals surface area contributed by atoms with Crippen LogP contribution in [0.15, 0.2) is 18.2 Å². The number of nitrogens with two attached hydrogens (primary N) is 1. The Hall–Kier alpha value is -2.04. The molecule has 1 atom stereocenters. The lowest BCUT2D eigenvalue weighted by Crippen LogP contribution is -2.47. The molecule has 1 aromatic carbocycles. The van der Waals surface area contributed by atoms with Crippen LogP contribution in [0, 0.1) is 12.8 Å². The number of carbonyl (C=O) groups is 2. The summed E-state index contributed by atoms with van der Waals surface area (Å²) in [6.07, 6.45) is 0. The maximum atomic E-state index is 12.2. The number of aryl methyl sites for hydroxylation is 1. The van der Waals surface area contributed by atoms with Crippen molar-refractivity contribution in [2.45, 2.75) is 26.8 Å². The third-order valence-electron chi connectivity index (χ3n) is 2.95. The zero-order chi connectivity index (χ0) is 14.6. The topological polar surface area (TPSA) is 84.2 Å². The normalized spacial score (nSPS) is 12.1. The van der Waals surface area contributed by atoms with Crippen molar-refractivity contribution in [3.8, 4) is 0 Å². The van der Waals surface area contributed by atoms with Gasteiger partial charge in [-0.1, -0.05) is 19.9 Å². The van der Waals surface area contributed by atoms with Gasteiger partial charge in [-0.2, -0.15) is 0 Å². The number of amides is 2. The highest BCUT2D eigenvalue weighted by molar-refractivity contribution is 6.01. The number of rotatable bonds is 5. The van der Waals surface area contributed by atoms with E-state index in [2.05, 4.69) is 10.6 Å². The maximum Gasteiger partial charge on any atom is 0.254 e. The first-order valence-corrected chi connectivity index (χ1v) is 6.25. The maximum absolute atomic E-state index is 12.2.